The molecule has 1 fully saturated rings. The second kappa shape index (κ2) is 9.18. The summed E-state index contributed by atoms with van der Waals surface area (Å²) in [5.74, 6) is 0.768. The highest BCUT2D eigenvalue weighted by molar-refractivity contribution is 5.85. The van der Waals surface area contributed by atoms with Gasteiger partial charge >= 0.3 is 0 Å². The van der Waals surface area contributed by atoms with Gasteiger partial charge in [0.05, 0.1) is 0 Å². The summed E-state index contributed by atoms with van der Waals surface area (Å²) in [6, 6.07) is 1.84. The Balaban J connectivity index is 0.00000162. The molecular weight excluding hydrogens is 287 g/mol. The number of carbonyl (C=O) groups is 1. The first-order valence-corrected chi connectivity index (χ1v) is 6.19. The zero-order valence-electron chi connectivity index (χ0n) is 11.1. The van der Waals surface area contributed by atoms with Gasteiger partial charge < -0.3 is 10.2 Å². The predicted molar refractivity (Wildman–Crippen MR) is 80.0 cm³/mol. The number of hydrogen-bond donors (Lipinski definition) is 1. The number of rotatable bonds is 4. The molecule has 1 unspecified atom stereocenters. The minimum atomic E-state index is 0. The lowest BCUT2D eigenvalue weighted by atomic mass is 9.98. The van der Waals surface area contributed by atoms with Gasteiger partial charge in [0.25, 0.3) is 0 Å². The molecule has 2 rings (SSSR count). The van der Waals surface area contributed by atoms with Crippen LogP contribution < -0.4 is 5.32 Å². The van der Waals surface area contributed by atoms with Crippen LogP contribution in [0, 0.1) is 5.92 Å². The second-order valence-electron chi connectivity index (χ2n) is 4.61. The monoisotopic (exact) mass is 308 g/mol. The van der Waals surface area contributed by atoms with Crippen LogP contribution in [0.5, 0.6) is 0 Å². The van der Waals surface area contributed by atoms with Crippen LogP contribution in [0.15, 0.2) is 18.5 Å². The summed E-state index contributed by atoms with van der Waals surface area (Å²) in [7, 11) is 1.96. The average molecular weight is 309 g/mol. The summed E-state index contributed by atoms with van der Waals surface area (Å²) in [6.45, 7) is 3.12. The van der Waals surface area contributed by atoms with Crippen molar-refractivity contribution >= 4 is 30.7 Å². The number of likely N-dealkylation sites (tertiary alicyclic amines) is 1. The van der Waals surface area contributed by atoms with E-state index in [1.807, 2.05) is 24.2 Å². The van der Waals surface area contributed by atoms with Crippen LogP contribution in [0.25, 0.3) is 0 Å². The van der Waals surface area contributed by atoms with Crippen molar-refractivity contribution in [3.63, 3.8) is 0 Å². The molecule has 5 nitrogen and oxygen atoms in total. The van der Waals surface area contributed by atoms with Crippen LogP contribution in [0.2, 0.25) is 0 Å². The molecular formula is C12H22Cl2N4O. The molecule has 1 aliphatic heterocycles. The first-order chi connectivity index (χ1) is 8.29. The van der Waals surface area contributed by atoms with E-state index in [1.54, 1.807) is 10.9 Å². The van der Waals surface area contributed by atoms with Crippen molar-refractivity contribution in [1.29, 1.82) is 0 Å². The molecule has 0 spiro atoms. The summed E-state index contributed by atoms with van der Waals surface area (Å²) >= 11 is 0. The van der Waals surface area contributed by atoms with E-state index in [1.165, 1.54) is 6.42 Å². The molecule has 1 aromatic rings. The first kappa shape index (κ1) is 18.2. The molecule has 0 aliphatic carbocycles. The van der Waals surface area contributed by atoms with E-state index < -0.39 is 0 Å². The zero-order valence-corrected chi connectivity index (χ0v) is 12.8. The molecule has 1 saturated heterocycles. The molecule has 1 N–H and O–H groups in total. The lowest BCUT2D eigenvalue weighted by Crippen LogP contribution is -2.43. The zero-order chi connectivity index (χ0) is 12.1. The molecule has 7 heteroatoms. The Bertz CT molecular complexity index is 357. The number of hydrogen-bond acceptors (Lipinski definition) is 3. The molecule has 1 aliphatic rings. The third-order valence-corrected chi connectivity index (χ3v) is 3.22. The lowest BCUT2D eigenvalue weighted by molar-refractivity contribution is -0.133. The lowest BCUT2D eigenvalue weighted by Gasteiger charge is -2.32. The van der Waals surface area contributed by atoms with Gasteiger partial charge in [-0.1, -0.05) is 0 Å². The van der Waals surface area contributed by atoms with Crippen molar-refractivity contribution in [3.8, 4) is 0 Å². The van der Waals surface area contributed by atoms with Crippen LogP contribution in [0.4, 0.5) is 0 Å². The summed E-state index contributed by atoms with van der Waals surface area (Å²) in [4.78, 5) is 14.0. The Labute approximate surface area is 126 Å². The van der Waals surface area contributed by atoms with Crippen LogP contribution in [0.1, 0.15) is 12.8 Å². The molecule has 110 valence electrons. The van der Waals surface area contributed by atoms with Gasteiger partial charge in [0, 0.05) is 25.5 Å². The van der Waals surface area contributed by atoms with Crippen molar-refractivity contribution in [2.24, 2.45) is 5.92 Å². The number of carbonyl (C=O) groups excluding carboxylic acids is 1. The van der Waals surface area contributed by atoms with E-state index in [2.05, 4.69) is 10.4 Å². The maximum Gasteiger partial charge on any atom is 0.244 e. The topological polar surface area (TPSA) is 50.2 Å². The Morgan fingerprint density at radius 1 is 1.47 bits per heavy atom. The molecule has 0 bridgehead atoms. The fraction of sp³-hybridized carbons (Fsp3) is 0.667. The minimum absolute atomic E-state index is 0. The average Bonchev–Trinajstić information content (AvgIpc) is 2.83. The van der Waals surface area contributed by atoms with Gasteiger partial charge in [0.2, 0.25) is 5.91 Å². The molecule has 2 heterocycles. The van der Waals surface area contributed by atoms with Crippen molar-refractivity contribution in [1.82, 2.24) is 20.0 Å². The molecule has 1 atom stereocenters. The Kier molecular flexibility index (Phi) is 8.80. The van der Waals surface area contributed by atoms with Crippen molar-refractivity contribution in [3.05, 3.63) is 18.5 Å². The van der Waals surface area contributed by atoms with E-state index in [-0.39, 0.29) is 30.7 Å². The standard InChI is InChI=1S/C12H20N4O.2ClH/c1-13-8-11-4-2-6-15(9-11)12(17)10-16-7-3-5-14-16;;/h3,5,7,11,13H,2,4,6,8-10H2,1H3;2*1H. The summed E-state index contributed by atoms with van der Waals surface area (Å²) < 4.78 is 1.68. The van der Waals surface area contributed by atoms with Crippen molar-refractivity contribution in [2.45, 2.75) is 19.4 Å². The van der Waals surface area contributed by atoms with Crippen LogP contribution in [-0.4, -0.2) is 47.3 Å². The van der Waals surface area contributed by atoms with E-state index in [0.717, 1.165) is 26.1 Å². The number of nitrogens with zero attached hydrogens (tertiary/aromatic N) is 3. The van der Waals surface area contributed by atoms with Gasteiger partial charge in [-0.15, -0.1) is 24.8 Å². The Morgan fingerprint density at radius 3 is 2.89 bits per heavy atom. The highest BCUT2D eigenvalue weighted by Crippen LogP contribution is 2.15. The van der Waals surface area contributed by atoms with Gasteiger partial charge in [0.1, 0.15) is 6.54 Å². The van der Waals surface area contributed by atoms with Crippen LogP contribution in [-0.2, 0) is 11.3 Å². The fourth-order valence-corrected chi connectivity index (χ4v) is 2.38. The van der Waals surface area contributed by atoms with E-state index in [0.29, 0.717) is 12.5 Å². The minimum Gasteiger partial charge on any atom is -0.341 e. The van der Waals surface area contributed by atoms with Gasteiger partial charge in [-0.05, 0) is 38.4 Å². The maximum atomic E-state index is 12.1. The molecule has 0 aromatic carbocycles. The SMILES string of the molecule is CNCC1CCCN(C(=O)Cn2cccn2)C1.Cl.Cl. The molecule has 1 aromatic heterocycles. The van der Waals surface area contributed by atoms with Crippen molar-refractivity contribution < 1.29 is 4.79 Å². The highest BCUT2D eigenvalue weighted by atomic mass is 35.5. The summed E-state index contributed by atoms with van der Waals surface area (Å²) in [5, 5.41) is 7.25. The van der Waals surface area contributed by atoms with E-state index >= 15 is 0 Å². The quantitative estimate of drug-likeness (QED) is 0.909. The first-order valence-electron chi connectivity index (χ1n) is 6.19. The highest BCUT2D eigenvalue weighted by Gasteiger charge is 2.23. The van der Waals surface area contributed by atoms with Gasteiger partial charge in [-0.25, -0.2) is 0 Å². The van der Waals surface area contributed by atoms with Crippen molar-refractivity contribution in [2.75, 3.05) is 26.7 Å². The van der Waals surface area contributed by atoms with E-state index in [4.69, 9.17) is 0 Å². The maximum absolute atomic E-state index is 12.1. The van der Waals surface area contributed by atoms with Gasteiger partial charge in [-0.3, -0.25) is 9.48 Å². The van der Waals surface area contributed by atoms with E-state index in [9.17, 15) is 4.79 Å². The third-order valence-electron chi connectivity index (χ3n) is 3.22. The Hall–Kier alpha value is -0.780. The molecule has 19 heavy (non-hydrogen) atoms. The van der Waals surface area contributed by atoms with Crippen LogP contribution in [0.3, 0.4) is 0 Å². The number of aromatic nitrogens is 2. The number of halogens is 2. The summed E-state index contributed by atoms with van der Waals surface area (Å²) in [5.41, 5.74) is 0. The molecule has 0 saturated carbocycles. The number of nitrogens with one attached hydrogen (secondary N) is 1. The molecule has 0 radical (unpaired) electrons. The predicted octanol–water partition coefficient (Wildman–Crippen LogP) is 1.18. The number of piperidine rings is 1. The van der Waals surface area contributed by atoms with Gasteiger partial charge in [0.15, 0.2) is 0 Å². The number of amides is 1. The summed E-state index contributed by atoms with van der Waals surface area (Å²) in [6.07, 6.45) is 5.85. The third kappa shape index (κ3) is 5.38. The second-order valence-corrected chi connectivity index (χ2v) is 4.61. The fourth-order valence-electron chi connectivity index (χ4n) is 2.38. The van der Waals surface area contributed by atoms with Gasteiger partial charge in [-0.2, -0.15) is 5.10 Å². The normalized spacial score (nSPS) is 18.4. The molecule has 1 amide bonds. The largest absolute Gasteiger partial charge is 0.341 e. The van der Waals surface area contributed by atoms with Crippen LogP contribution >= 0.6 is 24.8 Å². The smallest absolute Gasteiger partial charge is 0.244 e. The Morgan fingerprint density at radius 2 is 2.26 bits per heavy atom.